The van der Waals surface area contributed by atoms with Gasteiger partial charge in [0.2, 0.25) is 0 Å². The predicted molar refractivity (Wildman–Crippen MR) is 162 cm³/mol. The first-order valence-electron chi connectivity index (χ1n) is 13.3. The van der Waals surface area contributed by atoms with E-state index in [0.717, 1.165) is 22.6 Å². The fourth-order valence-electron chi connectivity index (χ4n) is 5.66. The van der Waals surface area contributed by atoms with E-state index in [1.165, 1.54) is 39.8 Å². The molecule has 4 heteroatoms. The SMILES string of the molecule is COC(=O)CCc1ccc(N(c2ccc(-c3cccs3)cc2)c2ccc3c(c2)C(C)(C)c2ccccc2-3)cc1. The molecule has 194 valence electrons. The number of aryl methyl sites for hydroxylation is 1. The number of carbonyl (C=O) groups is 1. The number of fused-ring (bicyclic) bond motifs is 3. The minimum absolute atomic E-state index is 0.0750. The number of hydrogen-bond acceptors (Lipinski definition) is 4. The van der Waals surface area contributed by atoms with E-state index in [-0.39, 0.29) is 11.4 Å². The van der Waals surface area contributed by atoms with Crippen LogP contribution in [0.2, 0.25) is 0 Å². The molecule has 39 heavy (non-hydrogen) atoms. The lowest BCUT2D eigenvalue weighted by Gasteiger charge is -2.28. The molecule has 5 aromatic rings. The average molecular weight is 530 g/mol. The lowest BCUT2D eigenvalue weighted by atomic mass is 9.82. The van der Waals surface area contributed by atoms with Crippen LogP contribution in [0.3, 0.4) is 0 Å². The summed E-state index contributed by atoms with van der Waals surface area (Å²) in [6.45, 7) is 4.63. The summed E-state index contributed by atoms with van der Waals surface area (Å²) >= 11 is 1.75. The first-order chi connectivity index (χ1) is 19.0. The number of carbonyl (C=O) groups excluding carboxylic acids is 1. The second-order valence-corrected chi connectivity index (χ2v) is 11.5. The van der Waals surface area contributed by atoms with Crippen LogP contribution in [0.1, 0.15) is 37.0 Å². The summed E-state index contributed by atoms with van der Waals surface area (Å²) < 4.78 is 4.82. The van der Waals surface area contributed by atoms with Gasteiger partial charge in [0.15, 0.2) is 0 Å². The summed E-state index contributed by atoms with van der Waals surface area (Å²) in [6, 6.07) is 37.2. The molecule has 4 aromatic carbocycles. The monoisotopic (exact) mass is 529 g/mol. The molecule has 6 rings (SSSR count). The van der Waals surface area contributed by atoms with E-state index in [1.807, 2.05) is 0 Å². The highest BCUT2D eigenvalue weighted by molar-refractivity contribution is 7.13. The van der Waals surface area contributed by atoms with Crippen molar-refractivity contribution in [1.82, 2.24) is 0 Å². The fraction of sp³-hybridized carbons (Fsp3) is 0.171. The molecule has 0 N–H and O–H groups in total. The number of thiophene rings is 1. The Kier molecular flexibility index (Phi) is 6.58. The topological polar surface area (TPSA) is 29.5 Å². The van der Waals surface area contributed by atoms with Gasteiger partial charge >= 0.3 is 5.97 Å². The van der Waals surface area contributed by atoms with Gasteiger partial charge in [0.1, 0.15) is 0 Å². The minimum Gasteiger partial charge on any atom is -0.469 e. The summed E-state index contributed by atoms with van der Waals surface area (Å²) in [5.74, 6) is -0.187. The molecular weight excluding hydrogens is 498 g/mol. The van der Waals surface area contributed by atoms with Crippen LogP contribution in [0.4, 0.5) is 17.1 Å². The Morgan fingerprint density at radius 2 is 1.44 bits per heavy atom. The van der Waals surface area contributed by atoms with Gasteiger partial charge in [-0.05, 0) is 87.6 Å². The maximum Gasteiger partial charge on any atom is 0.305 e. The third-order valence-corrected chi connectivity index (χ3v) is 8.72. The Hall–Kier alpha value is -4.15. The molecule has 0 fully saturated rings. The number of hydrogen-bond donors (Lipinski definition) is 0. The molecule has 1 aromatic heterocycles. The second-order valence-electron chi connectivity index (χ2n) is 10.5. The molecule has 0 atom stereocenters. The zero-order chi connectivity index (χ0) is 27.0. The maximum atomic E-state index is 11.6. The molecule has 0 aliphatic heterocycles. The van der Waals surface area contributed by atoms with Crippen LogP contribution in [0.15, 0.2) is 109 Å². The van der Waals surface area contributed by atoms with Crippen molar-refractivity contribution in [3.63, 3.8) is 0 Å². The zero-order valence-electron chi connectivity index (χ0n) is 22.5. The van der Waals surface area contributed by atoms with Crippen LogP contribution < -0.4 is 4.90 Å². The lowest BCUT2D eigenvalue weighted by Crippen LogP contribution is -2.16. The highest BCUT2D eigenvalue weighted by atomic mass is 32.1. The zero-order valence-corrected chi connectivity index (χ0v) is 23.3. The molecule has 0 amide bonds. The van der Waals surface area contributed by atoms with Gasteiger partial charge in [-0.1, -0.05) is 74.5 Å². The number of esters is 1. The van der Waals surface area contributed by atoms with E-state index >= 15 is 0 Å². The Labute approximate surface area is 234 Å². The van der Waals surface area contributed by atoms with Gasteiger partial charge in [0.05, 0.1) is 7.11 Å². The number of rotatable bonds is 7. The van der Waals surface area contributed by atoms with Crippen LogP contribution in [0, 0.1) is 0 Å². The average Bonchev–Trinajstić information content (AvgIpc) is 3.59. The number of nitrogens with zero attached hydrogens (tertiary/aromatic N) is 1. The Morgan fingerprint density at radius 3 is 2.13 bits per heavy atom. The van der Waals surface area contributed by atoms with Crippen molar-refractivity contribution in [3.8, 4) is 21.6 Å². The Morgan fingerprint density at radius 1 is 0.769 bits per heavy atom. The van der Waals surface area contributed by atoms with Crippen molar-refractivity contribution in [1.29, 1.82) is 0 Å². The molecule has 3 nitrogen and oxygen atoms in total. The fourth-order valence-corrected chi connectivity index (χ4v) is 6.39. The van der Waals surface area contributed by atoms with E-state index < -0.39 is 0 Å². The third kappa shape index (κ3) is 4.66. The molecule has 1 heterocycles. The van der Waals surface area contributed by atoms with Gasteiger partial charge < -0.3 is 9.64 Å². The number of anilines is 3. The van der Waals surface area contributed by atoms with Crippen LogP contribution in [-0.2, 0) is 21.4 Å². The lowest BCUT2D eigenvalue weighted by molar-refractivity contribution is -0.140. The van der Waals surface area contributed by atoms with Crippen molar-refractivity contribution < 1.29 is 9.53 Å². The molecule has 1 aliphatic carbocycles. The van der Waals surface area contributed by atoms with Crippen LogP contribution in [0.5, 0.6) is 0 Å². The molecule has 0 spiro atoms. The summed E-state index contributed by atoms with van der Waals surface area (Å²) in [5, 5.41) is 2.11. The highest BCUT2D eigenvalue weighted by Crippen LogP contribution is 2.50. The van der Waals surface area contributed by atoms with Crippen molar-refractivity contribution in [3.05, 3.63) is 125 Å². The van der Waals surface area contributed by atoms with Gasteiger partial charge in [0.25, 0.3) is 0 Å². The molecule has 0 saturated carbocycles. The largest absolute Gasteiger partial charge is 0.469 e. The van der Waals surface area contributed by atoms with Gasteiger partial charge in [-0.25, -0.2) is 0 Å². The van der Waals surface area contributed by atoms with Crippen molar-refractivity contribution in [2.75, 3.05) is 12.0 Å². The quantitative estimate of drug-likeness (QED) is 0.197. The summed E-state index contributed by atoms with van der Waals surface area (Å²) in [4.78, 5) is 15.2. The van der Waals surface area contributed by atoms with Crippen LogP contribution >= 0.6 is 11.3 Å². The summed E-state index contributed by atoms with van der Waals surface area (Å²) in [6.07, 6.45) is 1.04. The first kappa shape index (κ1) is 25.1. The summed E-state index contributed by atoms with van der Waals surface area (Å²) in [7, 11) is 1.43. The van der Waals surface area contributed by atoms with Gasteiger partial charge in [-0.2, -0.15) is 0 Å². The first-order valence-corrected chi connectivity index (χ1v) is 14.2. The number of benzene rings is 4. The third-order valence-electron chi connectivity index (χ3n) is 7.80. The van der Waals surface area contributed by atoms with E-state index in [9.17, 15) is 4.79 Å². The number of methoxy groups -OCH3 is 1. The van der Waals surface area contributed by atoms with Crippen molar-refractivity contribution in [2.24, 2.45) is 0 Å². The van der Waals surface area contributed by atoms with Gasteiger partial charge in [-0.15, -0.1) is 11.3 Å². The smallest absolute Gasteiger partial charge is 0.305 e. The van der Waals surface area contributed by atoms with Gasteiger partial charge in [0, 0.05) is 33.8 Å². The standard InChI is InChI=1S/C35H31NO2S/c1-35(2)31-8-5-4-7-29(31)30-20-19-28(23-32(30)35)36(26-15-10-24(11-16-26)12-21-34(37)38-3)27-17-13-25(14-18-27)33-9-6-22-39-33/h4-11,13-20,22-23H,12,21H2,1-3H3. The Balaban J connectivity index is 1.41. The Bertz CT molecular complexity index is 1620. The number of ether oxygens (including phenoxy) is 1. The van der Waals surface area contributed by atoms with Crippen LogP contribution in [0.25, 0.3) is 21.6 Å². The second kappa shape index (κ2) is 10.2. The van der Waals surface area contributed by atoms with E-state index in [0.29, 0.717) is 12.8 Å². The summed E-state index contributed by atoms with van der Waals surface area (Å²) in [5.41, 5.74) is 10.9. The van der Waals surface area contributed by atoms with Crippen molar-refractivity contribution in [2.45, 2.75) is 32.1 Å². The van der Waals surface area contributed by atoms with Gasteiger partial charge in [-0.3, -0.25) is 4.79 Å². The minimum atomic E-state index is -0.187. The van der Waals surface area contributed by atoms with E-state index in [4.69, 9.17) is 4.74 Å². The van der Waals surface area contributed by atoms with Crippen LogP contribution in [-0.4, -0.2) is 13.1 Å². The predicted octanol–water partition coefficient (Wildman–Crippen LogP) is 9.30. The molecule has 0 unspecified atom stereocenters. The molecule has 0 bridgehead atoms. The maximum absolute atomic E-state index is 11.6. The molecule has 0 saturated heterocycles. The molecule has 1 aliphatic rings. The normalized spacial score (nSPS) is 13.0. The molecule has 0 radical (unpaired) electrons. The van der Waals surface area contributed by atoms with E-state index in [2.05, 4.69) is 127 Å². The molecular formula is C35H31NO2S. The van der Waals surface area contributed by atoms with E-state index in [1.54, 1.807) is 11.3 Å². The highest BCUT2D eigenvalue weighted by Gasteiger charge is 2.35. The van der Waals surface area contributed by atoms with Crippen molar-refractivity contribution >= 4 is 34.4 Å².